The van der Waals surface area contributed by atoms with Gasteiger partial charge in [0.05, 0.1) is 0 Å². The van der Waals surface area contributed by atoms with Crippen molar-refractivity contribution in [3.8, 4) is 0 Å². The topological polar surface area (TPSA) is 28.5 Å². The highest BCUT2D eigenvalue weighted by Gasteiger charge is 2.45. The Labute approximate surface area is 162 Å². The third kappa shape index (κ3) is 3.18. The molecule has 5 rings (SSSR count). The zero-order valence-electron chi connectivity index (χ0n) is 16.5. The molecule has 1 aliphatic carbocycles. The molecular formula is C23H31N3O. The van der Waals surface area contributed by atoms with Gasteiger partial charge in [-0.25, -0.2) is 0 Å². The van der Waals surface area contributed by atoms with Gasteiger partial charge in [0, 0.05) is 61.2 Å². The molecule has 144 valence electrons. The molecule has 4 heteroatoms. The van der Waals surface area contributed by atoms with Crippen molar-refractivity contribution in [2.45, 2.75) is 64.6 Å². The second-order valence-corrected chi connectivity index (χ2v) is 9.02. The molecule has 1 spiro atoms. The van der Waals surface area contributed by atoms with Crippen LogP contribution in [0.4, 0.5) is 0 Å². The summed E-state index contributed by atoms with van der Waals surface area (Å²) in [5, 5.41) is 1.40. The van der Waals surface area contributed by atoms with Crippen LogP contribution in [-0.4, -0.2) is 46.0 Å². The SMILES string of the molecule is CCn1ccc2c(CN3CCC[C@]4(CCC(=O)N(C5CC5)C4)C3)cccc21. The van der Waals surface area contributed by atoms with Gasteiger partial charge in [0.1, 0.15) is 0 Å². The average Bonchev–Trinajstić information content (AvgIpc) is 3.43. The molecule has 1 saturated carbocycles. The van der Waals surface area contributed by atoms with E-state index in [0.29, 0.717) is 17.4 Å². The van der Waals surface area contributed by atoms with Gasteiger partial charge in [0.15, 0.2) is 0 Å². The first kappa shape index (κ1) is 17.3. The van der Waals surface area contributed by atoms with Gasteiger partial charge in [-0.2, -0.15) is 0 Å². The predicted octanol–water partition coefficient (Wildman–Crippen LogP) is 4.03. The quantitative estimate of drug-likeness (QED) is 0.818. The van der Waals surface area contributed by atoms with Gasteiger partial charge in [-0.05, 0) is 63.3 Å². The molecule has 2 saturated heterocycles. The molecule has 4 nitrogen and oxygen atoms in total. The molecule has 3 fully saturated rings. The fourth-order valence-corrected chi connectivity index (χ4v) is 5.48. The number of likely N-dealkylation sites (tertiary alicyclic amines) is 2. The van der Waals surface area contributed by atoms with Crippen molar-refractivity contribution >= 4 is 16.8 Å². The fourth-order valence-electron chi connectivity index (χ4n) is 5.48. The summed E-state index contributed by atoms with van der Waals surface area (Å²) in [5.41, 5.74) is 3.13. The van der Waals surface area contributed by atoms with Gasteiger partial charge in [0.2, 0.25) is 5.91 Å². The first-order valence-electron chi connectivity index (χ1n) is 10.8. The number of carbonyl (C=O) groups is 1. The number of fused-ring (bicyclic) bond motifs is 1. The van der Waals surface area contributed by atoms with Crippen molar-refractivity contribution < 1.29 is 4.79 Å². The van der Waals surface area contributed by atoms with Gasteiger partial charge in [0.25, 0.3) is 0 Å². The van der Waals surface area contributed by atoms with E-state index in [1.165, 1.54) is 48.7 Å². The van der Waals surface area contributed by atoms with Crippen molar-refractivity contribution in [2.75, 3.05) is 19.6 Å². The molecule has 3 heterocycles. The van der Waals surface area contributed by atoms with Crippen LogP contribution >= 0.6 is 0 Å². The number of benzene rings is 1. The highest BCUT2D eigenvalue weighted by molar-refractivity contribution is 5.83. The maximum absolute atomic E-state index is 12.4. The second kappa shape index (κ2) is 6.66. The summed E-state index contributed by atoms with van der Waals surface area (Å²) in [6, 6.07) is 9.58. The Balaban J connectivity index is 1.34. The molecule has 0 bridgehead atoms. The number of piperidine rings is 2. The van der Waals surface area contributed by atoms with Crippen LogP contribution in [0.2, 0.25) is 0 Å². The van der Waals surface area contributed by atoms with Gasteiger partial charge < -0.3 is 9.47 Å². The van der Waals surface area contributed by atoms with Gasteiger partial charge in [-0.1, -0.05) is 12.1 Å². The van der Waals surface area contributed by atoms with Gasteiger partial charge in [-0.15, -0.1) is 0 Å². The molecule has 1 aromatic heterocycles. The van der Waals surface area contributed by atoms with Crippen molar-refractivity contribution in [3.05, 3.63) is 36.0 Å². The van der Waals surface area contributed by atoms with E-state index in [2.05, 4.69) is 51.8 Å². The number of hydrogen-bond acceptors (Lipinski definition) is 2. The monoisotopic (exact) mass is 365 g/mol. The van der Waals surface area contributed by atoms with E-state index >= 15 is 0 Å². The van der Waals surface area contributed by atoms with Crippen LogP contribution in [0.15, 0.2) is 30.5 Å². The minimum absolute atomic E-state index is 0.331. The van der Waals surface area contributed by atoms with Crippen molar-refractivity contribution in [2.24, 2.45) is 5.41 Å². The van der Waals surface area contributed by atoms with Crippen LogP contribution in [0.5, 0.6) is 0 Å². The number of rotatable bonds is 4. The number of aryl methyl sites for hydroxylation is 1. The molecule has 2 aliphatic heterocycles. The number of hydrogen-bond donors (Lipinski definition) is 0. The van der Waals surface area contributed by atoms with Crippen molar-refractivity contribution in [1.29, 1.82) is 0 Å². The van der Waals surface area contributed by atoms with E-state index in [4.69, 9.17) is 0 Å². The first-order valence-corrected chi connectivity index (χ1v) is 10.8. The molecule has 2 aromatic rings. The fraction of sp³-hybridized carbons (Fsp3) is 0.609. The van der Waals surface area contributed by atoms with Crippen LogP contribution in [0.25, 0.3) is 10.9 Å². The Kier molecular flexibility index (Phi) is 4.27. The van der Waals surface area contributed by atoms with Crippen LogP contribution in [0.1, 0.15) is 51.0 Å². The number of amides is 1. The summed E-state index contributed by atoms with van der Waals surface area (Å²) in [4.78, 5) is 17.2. The van der Waals surface area contributed by atoms with Crippen molar-refractivity contribution in [1.82, 2.24) is 14.4 Å². The summed E-state index contributed by atoms with van der Waals surface area (Å²) in [6.07, 6.45) is 9.06. The van der Waals surface area contributed by atoms with E-state index in [0.717, 1.165) is 39.0 Å². The molecule has 1 atom stereocenters. The summed E-state index contributed by atoms with van der Waals surface area (Å²) < 4.78 is 2.33. The molecule has 0 N–H and O–H groups in total. The van der Waals surface area contributed by atoms with Crippen molar-refractivity contribution in [3.63, 3.8) is 0 Å². The summed E-state index contributed by atoms with van der Waals surface area (Å²) in [6.45, 7) is 7.59. The van der Waals surface area contributed by atoms with E-state index in [1.54, 1.807) is 0 Å². The van der Waals surface area contributed by atoms with E-state index < -0.39 is 0 Å². The molecule has 3 aliphatic rings. The minimum Gasteiger partial charge on any atom is -0.348 e. The summed E-state index contributed by atoms with van der Waals surface area (Å²) in [5.74, 6) is 0.408. The molecule has 0 radical (unpaired) electrons. The van der Waals surface area contributed by atoms with Crippen LogP contribution in [0.3, 0.4) is 0 Å². The number of nitrogens with zero attached hydrogens (tertiary/aromatic N) is 3. The van der Waals surface area contributed by atoms with Gasteiger partial charge in [-0.3, -0.25) is 9.69 Å². The predicted molar refractivity (Wildman–Crippen MR) is 109 cm³/mol. The minimum atomic E-state index is 0.331. The molecule has 1 amide bonds. The van der Waals surface area contributed by atoms with Crippen LogP contribution in [-0.2, 0) is 17.9 Å². The van der Waals surface area contributed by atoms with Crippen LogP contribution in [0, 0.1) is 5.41 Å². The lowest BCUT2D eigenvalue weighted by Crippen LogP contribution is -2.54. The summed E-state index contributed by atoms with van der Waals surface area (Å²) in [7, 11) is 0. The first-order chi connectivity index (χ1) is 13.2. The maximum atomic E-state index is 12.4. The highest BCUT2D eigenvalue weighted by atomic mass is 16.2. The Morgan fingerprint density at radius 2 is 2.04 bits per heavy atom. The lowest BCUT2D eigenvalue weighted by atomic mass is 9.73. The standard InChI is InChI=1S/C23H31N3O/c1-2-25-14-10-20-18(5-3-6-21(20)25)15-24-13-4-11-23(16-24)12-9-22(27)26(17-23)19-7-8-19/h3,5-6,10,14,19H,2,4,7-9,11-13,15-17H2,1H3/t23-/m0/s1. The normalized spacial score (nSPS) is 27.0. The average molecular weight is 366 g/mol. The molecule has 1 aromatic carbocycles. The van der Waals surface area contributed by atoms with Crippen LogP contribution < -0.4 is 0 Å². The number of aromatic nitrogens is 1. The summed E-state index contributed by atoms with van der Waals surface area (Å²) >= 11 is 0. The highest BCUT2D eigenvalue weighted by Crippen LogP contribution is 2.42. The second-order valence-electron chi connectivity index (χ2n) is 9.02. The lowest BCUT2D eigenvalue weighted by Gasteiger charge is -2.48. The zero-order valence-corrected chi connectivity index (χ0v) is 16.5. The number of carbonyl (C=O) groups excluding carboxylic acids is 1. The smallest absolute Gasteiger partial charge is 0.222 e. The van der Waals surface area contributed by atoms with E-state index in [9.17, 15) is 4.79 Å². The molecular weight excluding hydrogens is 334 g/mol. The molecule has 0 unspecified atom stereocenters. The maximum Gasteiger partial charge on any atom is 0.222 e. The Hall–Kier alpha value is -1.81. The largest absolute Gasteiger partial charge is 0.348 e. The zero-order chi connectivity index (χ0) is 18.4. The lowest BCUT2D eigenvalue weighted by molar-refractivity contribution is -0.140. The Bertz CT molecular complexity index is 852. The van der Waals surface area contributed by atoms with E-state index in [1.807, 2.05) is 0 Å². The molecule has 27 heavy (non-hydrogen) atoms. The third-order valence-electron chi connectivity index (χ3n) is 7.06. The Morgan fingerprint density at radius 3 is 2.85 bits per heavy atom. The Morgan fingerprint density at radius 1 is 1.15 bits per heavy atom. The van der Waals surface area contributed by atoms with Gasteiger partial charge >= 0.3 is 0 Å². The third-order valence-corrected chi connectivity index (χ3v) is 7.06. The van der Waals surface area contributed by atoms with E-state index in [-0.39, 0.29) is 0 Å².